The van der Waals surface area contributed by atoms with Crippen LogP contribution in [0.1, 0.15) is 5.56 Å². The fraction of sp³-hybridized carbons (Fsp3) is 0.176. The van der Waals surface area contributed by atoms with Crippen molar-refractivity contribution in [2.24, 2.45) is 0 Å². The minimum atomic E-state index is -1.47. The molecule has 0 fully saturated rings. The van der Waals surface area contributed by atoms with Crippen molar-refractivity contribution in [2.75, 3.05) is 0 Å². The first-order chi connectivity index (χ1) is 8.54. The third-order valence-corrected chi connectivity index (χ3v) is 5.09. The molecule has 0 atom stereocenters. The summed E-state index contributed by atoms with van der Waals surface area (Å²) < 4.78 is 0. The van der Waals surface area contributed by atoms with Crippen molar-refractivity contribution < 1.29 is 0 Å². The zero-order chi connectivity index (χ0) is 13.2. The first kappa shape index (κ1) is 12.7. The summed E-state index contributed by atoms with van der Waals surface area (Å²) in [5.74, 6) is 2.85. The monoisotopic (exact) mass is 250 g/mol. The Morgan fingerprint density at radius 1 is 0.889 bits per heavy atom. The Balaban J connectivity index is 2.73. The topological polar surface area (TPSA) is 0 Å². The van der Waals surface area contributed by atoms with Gasteiger partial charge in [-0.25, -0.2) is 0 Å². The van der Waals surface area contributed by atoms with Gasteiger partial charge in [0, 0.05) is 5.56 Å². The highest BCUT2D eigenvalue weighted by molar-refractivity contribution is 6.90. The number of rotatable bonds is 2. The summed E-state index contributed by atoms with van der Waals surface area (Å²) >= 11 is 0. The van der Waals surface area contributed by atoms with Crippen molar-refractivity contribution in [3.05, 3.63) is 54.1 Å². The molecular weight excluding hydrogens is 232 g/mol. The summed E-state index contributed by atoms with van der Waals surface area (Å²) in [6, 6.07) is 16.8. The molecule has 0 heterocycles. The van der Waals surface area contributed by atoms with E-state index < -0.39 is 8.07 Å². The Bertz CT molecular complexity index is 583. The highest BCUT2D eigenvalue weighted by atomic mass is 28.3. The summed E-state index contributed by atoms with van der Waals surface area (Å²) in [4.78, 5) is 0. The van der Waals surface area contributed by atoms with Gasteiger partial charge < -0.3 is 0 Å². The summed E-state index contributed by atoms with van der Waals surface area (Å²) in [5.41, 5.74) is 3.60. The number of benzene rings is 2. The zero-order valence-electron chi connectivity index (χ0n) is 11.2. The molecule has 0 aliphatic carbocycles. The molecule has 0 aliphatic heterocycles. The smallest absolute Gasteiger partial charge is 0.0800 e. The van der Waals surface area contributed by atoms with Gasteiger partial charge in [-0.3, -0.25) is 0 Å². The molecule has 2 aromatic rings. The lowest BCUT2D eigenvalue weighted by Crippen LogP contribution is -2.41. The molecule has 0 aliphatic rings. The van der Waals surface area contributed by atoms with Crippen LogP contribution in [-0.4, -0.2) is 8.07 Å². The minimum absolute atomic E-state index is 1.05. The van der Waals surface area contributed by atoms with Crippen molar-refractivity contribution in [1.82, 2.24) is 0 Å². The number of terminal acetylenes is 1. The van der Waals surface area contributed by atoms with Gasteiger partial charge in [-0.2, -0.15) is 0 Å². The minimum Gasteiger partial charge on any atom is -0.115 e. The molecule has 0 spiro atoms. The van der Waals surface area contributed by atoms with Crippen LogP contribution in [0.15, 0.2) is 48.5 Å². The van der Waals surface area contributed by atoms with Gasteiger partial charge in [0.05, 0.1) is 8.07 Å². The SMILES string of the molecule is C#Cc1cccc(-c2ccccc2)c1[Si](C)(C)C. The van der Waals surface area contributed by atoms with Gasteiger partial charge in [-0.05, 0) is 22.4 Å². The van der Waals surface area contributed by atoms with Gasteiger partial charge in [-0.15, -0.1) is 6.42 Å². The van der Waals surface area contributed by atoms with E-state index in [1.54, 1.807) is 0 Å². The van der Waals surface area contributed by atoms with Crippen LogP contribution >= 0.6 is 0 Å². The molecule has 2 rings (SSSR count). The number of hydrogen-bond acceptors (Lipinski definition) is 0. The average molecular weight is 250 g/mol. The Labute approximate surface area is 111 Å². The fourth-order valence-electron chi connectivity index (χ4n) is 2.34. The molecule has 0 saturated heterocycles. The van der Waals surface area contributed by atoms with E-state index >= 15 is 0 Å². The van der Waals surface area contributed by atoms with Gasteiger partial charge in [0.25, 0.3) is 0 Å². The van der Waals surface area contributed by atoms with Gasteiger partial charge in [0.1, 0.15) is 0 Å². The van der Waals surface area contributed by atoms with Gasteiger partial charge in [-0.1, -0.05) is 68.0 Å². The van der Waals surface area contributed by atoms with Crippen LogP contribution in [-0.2, 0) is 0 Å². The van der Waals surface area contributed by atoms with E-state index in [9.17, 15) is 0 Å². The molecule has 0 unspecified atom stereocenters. The molecule has 0 N–H and O–H groups in total. The zero-order valence-corrected chi connectivity index (χ0v) is 12.2. The molecule has 0 nitrogen and oxygen atoms in total. The van der Waals surface area contributed by atoms with E-state index in [4.69, 9.17) is 6.42 Å². The maximum Gasteiger partial charge on any atom is 0.0800 e. The average Bonchev–Trinajstić information content (AvgIpc) is 2.38. The van der Waals surface area contributed by atoms with E-state index in [0.29, 0.717) is 0 Å². The van der Waals surface area contributed by atoms with E-state index in [1.807, 2.05) is 6.07 Å². The van der Waals surface area contributed by atoms with E-state index in [0.717, 1.165) is 5.56 Å². The summed E-state index contributed by atoms with van der Waals surface area (Å²) in [7, 11) is -1.47. The highest BCUT2D eigenvalue weighted by Gasteiger charge is 2.23. The predicted molar refractivity (Wildman–Crippen MR) is 82.8 cm³/mol. The quantitative estimate of drug-likeness (QED) is 0.560. The predicted octanol–water partition coefficient (Wildman–Crippen LogP) is 3.88. The molecule has 0 radical (unpaired) electrons. The van der Waals surface area contributed by atoms with Crippen LogP contribution in [0.3, 0.4) is 0 Å². The maximum atomic E-state index is 5.67. The van der Waals surface area contributed by atoms with E-state index in [-0.39, 0.29) is 0 Å². The molecular formula is C17H18Si. The summed E-state index contributed by atoms with van der Waals surface area (Å²) in [6.45, 7) is 7.03. The summed E-state index contributed by atoms with van der Waals surface area (Å²) in [5, 5.41) is 1.39. The van der Waals surface area contributed by atoms with Crippen LogP contribution in [0.25, 0.3) is 11.1 Å². The normalized spacial score (nSPS) is 11.0. The fourth-order valence-corrected chi connectivity index (χ4v) is 4.34. The van der Waals surface area contributed by atoms with E-state index in [2.05, 4.69) is 68.0 Å². The lowest BCUT2D eigenvalue weighted by atomic mass is 10.0. The molecule has 1 heteroatoms. The largest absolute Gasteiger partial charge is 0.115 e. The van der Waals surface area contributed by atoms with E-state index in [1.165, 1.54) is 16.3 Å². The van der Waals surface area contributed by atoms with Crippen molar-refractivity contribution >= 4 is 13.3 Å². The third kappa shape index (κ3) is 2.39. The molecule has 2 aromatic carbocycles. The van der Waals surface area contributed by atoms with Crippen molar-refractivity contribution in [3.8, 4) is 23.5 Å². The van der Waals surface area contributed by atoms with Crippen LogP contribution in [0.2, 0.25) is 19.6 Å². The lowest BCUT2D eigenvalue weighted by molar-refractivity contribution is 1.59. The van der Waals surface area contributed by atoms with Crippen LogP contribution in [0.4, 0.5) is 0 Å². The van der Waals surface area contributed by atoms with Gasteiger partial charge in [0.2, 0.25) is 0 Å². The van der Waals surface area contributed by atoms with Crippen molar-refractivity contribution in [3.63, 3.8) is 0 Å². The lowest BCUT2D eigenvalue weighted by Gasteiger charge is -2.23. The number of hydrogen-bond donors (Lipinski definition) is 0. The molecule has 0 saturated carbocycles. The molecule has 0 bridgehead atoms. The second kappa shape index (κ2) is 4.84. The Morgan fingerprint density at radius 2 is 1.56 bits per heavy atom. The second-order valence-corrected chi connectivity index (χ2v) is 10.5. The van der Waals surface area contributed by atoms with Crippen LogP contribution in [0.5, 0.6) is 0 Å². The standard InChI is InChI=1S/C17H18Si/c1-5-14-12-9-13-16(17(14)18(2,3)4)15-10-7-6-8-11-15/h1,6-13H,2-4H3. The highest BCUT2D eigenvalue weighted by Crippen LogP contribution is 2.22. The van der Waals surface area contributed by atoms with Crippen molar-refractivity contribution in [2.45, 2.75) is 19.6 Å². The molecule has 18 heavy (non-hydrogen) atoms. The Kier molecular flexibility index (Phi) is 3.40. The molecule has 0 aromatic heterocycles. The second-order valence-electron chi connectivity index (χ2n) is 5.49. The Morgan fingerprint density at radius 3 is 2.11 bits per heavy atom. The first-order valence-corrected chi connectivity index (χ1v) is 9.69. The van der Waals surface area contributed by atoms with Crippen molar-refractivity contribution in [1.29, 1.82) is 0 Å². The van der Waals surface area contributed by atoms with Crippen LogP contribution < -0.4 is 5.19 Å². The van der Waals surface area contributed by atoms with Gasteiger partial charge in [0.15, 0.2) is 0 Å². The summed E-state index contributed by atoms with van der Waals surface area (Å²) in [6.07, 6.45) is 5.67. The Hall–Kier alpha value is -1.78. The molecule has 0 amide bonds. The third-order valence-electron chi connectivity index (χ3n) is 3.05. The van der Waals surface area contributed by atoms with Crippen LogP contribution in [0, 0.1) is 12.3 Å². The molecule has 90 valence electrons. The first-order valence-electron chi connectivity index (χ1n) is 6.19. The van der Waals surface area contributed by atoms with Gasteiger partial charge >= 0.3 is 0 Å². The maximum absolute atomic E-state index is 5.67.